The minimum absolute atomic E-state index is 0.121. The first kappa shape index (κ1) is 17.5. The predicted octanol–water partition coefficient (Wildman–Crippen LogP) is 2.16. The van der Waals surface area contributed by atoms with Gasteiger partial charge in [0.2, 0.25) is 15.9 Å². The Balaban J connectivity index is 2.24. The summed E-state index contributed by atoms with van der Waals surface area (Å²) in [5, 5.41) is 2.65. The Bertz CT molecular complexity index is 850. The summed E-state index contributed by atoms with van der Waals surface area (Å²) >= 11 is 0. The first-order valence-corrected chi connectivity index (χ1v) is 8.88. The van der Waals surface area contributed by atoms with E-state index >= 15 is 0 Å². The van der Waals surface area contributed by atoms with Gasteiger partial charge in [-0.2, -0.15) is 0 Å². The van der Waals surface area contributed by atoms with Crippen LogP contribution in [-0.2, 0) is 10.0 Å². The van der Waals surface area contributed by atoms with Crippen molar-refractivity contribution in [1.29, 1.82) is 0 Å². The van der Waals surface area contributed by atoms with Crippen LogP contribution in [0.5, 0.6) is 11.6 Å². The fraction of sp³-hybridized carbons (Fsp3) is 0.125. The lowest BCUT2D eigenvalue weighted by Gasteiger charge is -2.11. The minimum atomic E-state index is -3.39. The number of nitrogens with one attached hydrogen (secondary N) is 2. The number of rotatable bonds is 7. The van der Waals surface area contributed by atoms with Crippen molar-refractivity contribution in [2.45, 2.75) is 0 Å². The maximum Gasteiger partial charge on any atom is 0.257 e. The van der Waals surface area contributed by atoms with Gasteiger partial charge in [0.25, 0.3) is 5.91 Å². The van der Waals surface area contributed by atoms with Gasteiger partial charge in [-0.25, -0.2) is 13.4 Å². The number of aromatic nitrogens is 1. The molecule has 1 aromatic heterocycles. The number of carbonyl (C=O) groups excluding carboxylic acids is 1. The SMILES string of the molecule is C=CCNC(=O)c1cccnc1Oc1cccc(NS(C)(=O)=O)c1. The van der Waals surface area contributed by atoms with E-state index in [9.17, 15) is 13.2 Å². The van der Waals surface area contributed by atoms with E-state index in [2.05, 4.69) is 21.6 Å². The molecule has 0 aliphatic heterocycles. The highest BCUT2D eigenvalue weighted by atomic mass is 32.2. The third-order valence-corrected chi connectivity index (χ3v) is 3.38. The topological polar surface area (TPSA) is 97.4 Å². The van der Waals surface area contributed by atoms with E-state index in [4.69, 9.17) is 4.74 Å². The second-order valence-electron chi connectivity index (χ2n) is 4.86. The lowest BCUT2D eigenvalue weighted by atomic mass is 10.2. The van der Waals surface area contributed by atoms with Gasteiger partial charge >= 0.3 is 0 Å². The molecule has 0 radical (unpaired) electrons. The predicted molar refractivity (Wildman–Crippen MR) is 91.7 cm³/mol. The van der Waals surface area contributed by atoms with Crippen molar-refractivity contribution in [2.75, 3.05) is 17.5 Å². The molecule has 0 atom stereocenters. The van der Waals surface area contributed by atoms with Crippen molar-refractivity contribution < 1.29 is 17.9 Å². The molecule has 8 heteroatoms. The zero-order valence-electron chi connectivity index (χ0n) is 13.0. The largest absolute Gasteiger partial charge is 0.438 e. The van der Waals surface area contributed by atoms with Gasteiger partial charge in [0.1, 0.15) is 11.3 Å². The number of anilines is 1. The summed E-state index contributed by atoms with van der Waals surface area (Å²) in [4.78, 5) is 16.2. The van der Waals surface area contributed by atoms with Crippen LogP contribution in [0.25, 0.3) is 0 Å². The van der Waals surface area contributed by atoms with Crippen molar-refractivity contribution in [1.82, 2.24) is 10.3 Å². The summed E-state index contributed by atoms with van der Waals surface area (Å²) < 4.78 is 30.6. The number of hydrogen-bond donors (Lipinski definition) is 2. The van der Waals surface area contributed by atoms with Crippen molar-refractivity contribution in [3.63, 3.8) is 0 Å². The number of ether oxygens (including phenoxy) is 1. The molecule has 1 heterocycles. The molecule has 0 spiro atoms. The Morgan fingerprint density at radius 2 is 2.12 bits per heavy atom. The van der Waals surface area contributed by atoms with E-state index < -0.39 is 10.0 Å². The number of hydrogen-bond acceptors (Lipinski definition) is 5. The van der Waals surface area contributed by atoms with E-state index in [1.165, 1.54) is 12.3 Å². The molecular formula is C16H17N3O4S. The van der Waals surface area contributed by atoms with E-state index in [0.29, 0.717) is 18.0 Å². The number of nitrogens with zero attached hydrogens (tertiary/aromatic N) is 1. The lowest BCUT2D eigenvalue weighted by molar-refractivity contribution is 0.0955. The Hall–Kier alpha value is -2.87. The van der Waals surface area contributed by atoms with Gasteiger partial charge in [0, 0.05) is 18.8 Å². The average Bonchev–Trinajstić information content (AvgIpc) is 2.52. The van der Waals surface area contributed by atoms with Crippen LogP contribution in [0.2, 0.25) is 0 Å². The van der Waals surface area contributed by atoms with Crippen LogP contribution < -0.4 is 14.8 Å². The first-order valence-electron chi connectivity index (χ1n) is 6.99. The quantitative estimate of drug-likeness (QED) is 0.748. The fourth-order valence-corrected chi connectivity index (χ4v) is 2.41. The van der Waals surface area contributed by atoms with Crippen LogP contribution in [0, 0.1) is 0 Å². The van der Waals surface area contributed by atoms with Crippen LogP contribution >= 0.6 is 0 Å². The van der Waals surface area contributed by atoms with Crippen LogP contribution in [0.4, 0.5) is 5.69 Å². The van der Waals surface area contributed by atoms with Gasteiger partial charge in [0.05, 0.1) is 11.9 Å². The van der Waals surface area contributed by atoms with E-state index in [1.54, 1.807) is 36.4 Å². The van der Waals surface area contributed by atoms with Crippen LogP contribution in [0.15, 0.2) is 55.3 Å². The molecule has 7 nitrogen and oxygen atoms in total. The van der Waals surface area contributed by atoms with Crippen LogP contribution in [0.3, 0.4) is 0 Å². The Morgan fingerprint density at radius 1 is 1.33 bits per heavy atom. The molecule has 0 aliphatic carbocycles. The summed E-state index contributed by atoms with van der Waals surface area (Å²) in [6.45, 7) is 3.86. The van der Waals surface area contributed by atoms with E-state index in [0.717, 1.165) is 6.26 Å². The number of sulfonamides is 1. The number of benzene rings is 1. The van der Waals surface area contributed by atoms with Crippen molar-refractivity contribution in [2.24, 2.45) is 0 Å². The first-order chi connectivity index (χ1) is 11.4. The smallest absolute Gasteiger partial charge is 0.257 e. The summed E-state index contributed by atoms with van der Waals surface area (Å²) in [5.41, 5.74) is 0.615. The Labute approximate surface area is 140 Å². The molecule has 126 valence electrons. The number of pyridine rings is 1. The fourth-order valence-electron chi connectivity index (χ4n) is 1.85. The molecular weight excluding hydrogens is 330 g/mol. The summed E-state index contributed by atoms with van der Waals surface area (Å²) in [7, 11) is -3.39. The normalized spacial score (nSPS) is 10.7. The van der Waals surface area contributed by atoms with Crippen LogP contribution in [-0.4, -0.2) is 32.1 Å². The molecule has 1 amide bonds. The van der Waals surface area contributed by atoms with Gasteiger partial charge < -0.3 is 10.1 Å². The molecule has 1 aromatic carbocycles. The summed E-state index contributed by atoms with van der Waals surface area (Å²) in [6, 6.07) is 9.55. The maximum absolute atomic E-state index is 12.1. The highest BCUT2D eigenvalue weighted by Crippen LogP contribution is 2.25. The highest BCUT2D eigenvalue weighted by molar-refractivity contribution is 7.92. The zero-order valence-corrected chi connectivity index (χ0v) is 13.8. The second kappa shape index (κ2) is 7.60. The number of amides is 1. The molecule has 0 unspecified atom stereocenters. The second-order valence-corrected chi connectivity index (χ2v) is 6.61. The van der Waals surface area contributed by atoms with Gasteiger partial charge in [-0.1, -0.05) is 12.1 Å². The molecule has 24 heavy (non-hydrogen) atoms. The van der Waals surface area contributed by atoms with E-state index in [1.807, 2.05) is 0 Å². The molecule has 0 aliphatic rings. The summed E-state index contributed by atoms with van der Waals surface area (Å²) in [5.74, 6) is 0.124. The molecule has 0 fully saturated rings. The van der Waals surface area contributed by atoms with Crippen molar-refractivity contribution in [3.05, 3.63) is 60.8 Å². The highest BCUT2D eigenvalue weighted by Gasteiger charge is 2.14. The van der Waals surface area contributed by atoms with Gasteiger partial charge in [-0.05, 0) is 24.3 Å². The summed E-state index contributed by atoms with van der Waals surface area (Å²) in [6.07, 6.45) is 4.12. The Kier molecular flexibility index (Phi) is 5.54. The Morgan fingerprint density at radius 3 is 2.83 bits per heavy atom. The molecule has 2 N–H and O–H groups in total. The third kappa shape index (κ3) is 5.10. The van der Waals surface area contributed by atoms with Crippen LogP contribution in [0.1, 0.15) is 10.4 Å². The molecule has 0 saturated heterocycles. The molecule has 2 aromatic rings. The van der Waals surface area contributed by atoms with E-state index in [-0.39, 0.29) is 17.4 Å². The average molecular weight is 347 g/mol. The third-order valence-electron chi connectivity index (χ3n) is 2.77. The van der Waals surface area contributed by atoms with Crippen molar-refractivity contribution >= 4 is 21.6 Å². The number of carbonyl (C=O) groups is 1. The zero-order chi connectivity index (χ0) is 17.6. The molecule has 0 bridgehead atoms. The van der Waals surface area contributed by atoms with Gasteiger partial charge in [0.15, 0.2) is 0 Å². The standard InChI is InChI=1S/C16H17N3O4S/c1-3-9-17-15(20)14-8-5-10-18-16(14)23-13-7-4-6-12(11-13)19-24(2,21)22/h3-8,10-11,19H,1,9H2,2H3,(H,17,20). The lowest BCUT2D eigenvalue weighted by Crippen LogP contribution is -2.23. The minimum Gasteiger partial charge on any atom is -0.438 e. The molecule has 2 rings (SSSR count). The molecule has 0 saturated carbocycles. The monoisotopic (exact) mass is 347 g/mol. The maximum atomic E-state index is 12.1. The van der Waals surface area contributed by atoms with Gasteiger partial charge in [-0.15, -0.1) is 6.58 Å². The van der Waals surface area contributed by atoms with Crippen molar-refractivity contribution in [3.8, 4) is 11.6 Å². The van der Waals surface area contributed by atoms with Gasteiger partial charge in [-0.3, -0.25) is 9.52 Å².